The van der Waals surface area contributed by atoms with Gasteiger partial charge >= 0.3 is 5.97 Å². The average molecular weight is 335 g/mol. The Labute approximate surface area is 146 Å². The van der Waals surface area contributed by atoms with Gasteiger partial charge in [0.25, 0.3) is 0 Å². The van der Waals surface area contributed by atoms with Gasteiger partial charge in [-0.05, 0) is 56.2 Å². The third-order valence-corrected chi connectivity index (χ3v) is 5.00. The number of aromatic nitrogens is 3. The van der Waals surface area contributed by atoms with Crippen molar-refractivity contribution in [3.8, 4) is 0 Å². The van der Waals surface area contributed by atoms with Crippen molar-refractivity contribution in [1.29, 1.82) is 0 Å². The van der Waals surface area contributed by atoms with Crippen LogP contribution in [0.5, 0.6) is 0 Å². The van der Waals surface area contributed by atoms with E-state index in [-0.39, 0.29) is 12.1 Å². The third-order valence-electron chi connectivity index (χ3n) is 5.00. The van der Waals surface area contributed by atoms with Gasteiger partial charge in [0, 0.05) is 12.3 Å². The van der Waals surface area contributed by atoms with Crippen molar-refractivity contribution in [2.45, 2.75) is 45.6 Å². The predicted molar refractivity (Wildman–Crippen MR) is 94.6 cm³/mol. The van der Waals surface area contributed by atoms with Crippen molar-refractivity contribution in [1.82, 2.24) is 14.6 Å². The number of esters is 1. The van der Waals surface area contributed by atoms with E-state index in [2.05, 4.69) is 28.3 Å². The van der Waals surface area contributed by atoms with Crippen LogP contribution in [0.4, 0.5) is 0 Å². The van der Waals surface area contributed by atoms with Crippen molar-refractivity contribution in [2.24, 2.45) is 0 Å². The fourth-order valence-electron chi connectivity index (χ4n) is 3.49. The summed E-state index contributed by atoms with van der Waals surface area (Å²) in [4.78, 5) is 16.9. The molecule has 1 atom stereocenters. The molecule has 0 amide bonds. The average Bonchev–Trinajstić information content (AvgIpc) is 3.11. The van der Waals surface area contributed by atoms with E-state index in [1.54, 1.807) is 23.0 Å². The molecule has 0 radical (unpaired) electrons. The molecular weight excluding hydrogens is 314 g/mol. The molecule has 1 unspecified atom stereocenters. The Bertz CT molecular complexity index is 945. The molecule has 0 saturated heterocycles. The Kier molecular flexibility index (Phi) is 3.99. The number of carbonyl (C=O) groups is 1. The number of nitrogens with zero attached hydrogens (tertiary/aromatic N) is 3. The SMILES string of the molecule is Cc1c(C(=O)OC(C)c2ccc3c(c2)CCCC3)cnc2ccnn12. The van der Waals surface area contributed by atoms with Gasteiger partial charge in [-0.1, -0.05) is 18.2 Å². The number of carbonyl (C=O) groups excluding carboxylic acids is 1. The van der Waals surface area contributed by atoms with Gasteiger partial charge in [0.1, 0.15) is 6.10 Å². The summed E-state index contributed by atoms with van der Waals surface area (Å²) in [6.45, 7) is 3.76. The van der Waals surface area contributed by atoms with Crippen LogP contribution in [0.3, 0.4) is 0 Å². The Hall–Kier alpha value is -2.69. The minimum absolute atomic E-state index is 0.299. The molecule has 0 N–H and O–H groups in total. The second kappa shape index (κ2) is 6.31. The highest BCUT2D eigenvalue weighted by Crippen LogP contribution is 2.27. The van der Waals surface area contributed by atoms with E-state index in [0.29, 0.717) is 5.56 Å². The first-order chi connectivity index (χ1) is 12.1. The number of fused-ring (bicyclic) bond motifs is 2. The maximum atomic E-state index is 12.6. The highest BCUT2D eigenvalue weighted by Gasteiger charge is 2.19. The number of ether oxygens (including phenoxy) is 1. The van der Waals surface area contributed by atoms with Gasteiger partial charge < -0.3 is 4.74 Å². The van der Waals surface area contributed by atoms with Gasteiger partial charge in [0.2, 0.25) is 0 Å². The van der Waals surface area contributed by atoms with Crippen LogP contribution in [0.1, 0.15) is 58.6 Å². The number of rotatable bonds is 3. The number of benzene rings is 1. The largest absolute Gasteiger partial charge is 0.454 e. The molecule has 5 heteroatoms. The number of hydrogen-bond acceptors (Lipinski definition) is 4. The summed E-state index contributed by atoms with van der Waals surface area (Å²) in [6, 6.07) is 8.24. The first-order valence-electron chi connectivity index (χ1n) is 8.75. The van der Waals surface area contributed by atoms with Gasteiger partial charge in [0.05, 0.1) is 17.5 Å². The van der Waals surface area contributed by atoms with Crippen LogP contribution in [-0.2, 0) is 17.6 Å². The quantitative estimate of drug-likeness (QED) is 0.683. The van der Waals surface area contributed by atoms with Gasteiger partial charge in [-0.15, -0.1) is 0 Å². The zero-order valence-electron chi connectivity index (χ0n) is 14.5. The van der Waals surface area contributed by atoms with Crippen molar-refractivity contribution in [3.05, 3.63) is 64.6 Å². The Morgan fingerprint density at radius 3 is 2.84 bits per heavy atom. The van der Waals surface area contributed by atoms with Gasteiger partial charge in [-0.3, -0.25) is 0 Å². The lowest BCUT2D eigenvalue weighted by Gasteiger charge is -2.19. The van der Waals surface area contributed by atoms with E-state index in [1.165, 1.54) is 24.0 Å². The molecule has 5 nitrogen and oxygen atoms in total. The molecule has 25 heavy (non-hydrogen) atoms. The Balaban J connectivity index is 1.56. The molecule has 0 aliphatic heterocycles. The molecule has 0 saturated carbocycles. The summed E-state index contributed by atoms with van der Waals surface area (Å²) in [5.74, 6) is -0.368. The third kappa shape index (κ3) is 2.90. The summed E-state index contributed by atoms with van der Waals surface area (Å²) >= 11 is 0. The summed E-state index contributed by atoms with van der Waals surface area (Å²) < 4.78 is 7.35. The van der Waals surface area contributed by atoms with Crippen LogP contribution < -0.4 is 0 Å². The molecule has 2 heterocycles. The minimum atomic E-state index is -0.368. The zero-order valence-corrected chi connectivity index (χ0v) is 14.5. The maximum Gasteiger partial charge on any atom is 0.342 e. The van der Waals surface area contributed by atoms with Gasteiger partial charge in [0.15, 0.2) is 5.65 Å². The molecular formula is C20H21N3O2. The molecule has 1 aliphatic carbocycles. The molecule has 0 fully saturated rings. The highest BCUT2D eigenvalue weighted by molar-refractivity contribution is 5.90. The maximum absolute atomic E-state index is 12.6. The first-order valence-corrected chi connectivity index (χ1v) is 8.75. The molecule has 0 bridgehead atoms. The molecule has 3 aromatic rings. The van der Waals surface area contributed by atoms with Gasteiger partial charge in [-0.2, -0.15) is 5.10 Å². The standard InChI is InChI=1S/C20H21N3O2/c1-13-18(12-21-19-9-10-22-23(13)19)20(24)25-14(2)16-8-7-15-5-3-4-6-17(15)11-16/h7-12,14H,3-6H2,1-2H3. The molecule has 2 aromatic heterocycles. The van der Waals surface area contributed by atoms with E-state index in [9.17, 15) is 4.79 Å². The lowest BCUT2D eigenvalue weighted by atomic mass is 9.89. The molecule has 1 aliphatic rings. The molecule has 4 rings (SSSR count). The van der Waals surface area contributed by atoms with E-state index >= 15 is 0 Å². The van der Waals surface area contributed by atoms with Crippen LogP contribution in [0.25, 0.3) is 5.65 Å². The highest BCUT2D eigenvalue weighted by atomic mass is 16.5. The monoisotopic (exact) mass is 335 g/mol. The second-order valence-corrected chi connectivity index (χ2v) is 6.64. The summed E-state index contributed by atoms with van der Waals surface area (Å²) in [5, 5.41) is 4.19. The van der Waals surface area contributed by atoms with Crippen molar-refractivity contribution in [2.75, 3.05) is 0 Å². The lowest BCUT2D eigenvalue weighted by Crippen LogP contribution is -2.14. The Morgan fingerprint density at radius 1 is 1.20 bits per heavy atom. The van der Waals surface area contributed by atoms with Crippen molar-refractivity contribution < 1.29 is 9.53 Å². The lowest BCUT2D eigenvalue weighted by molar-refractivity contribution is 0.0335. The molecule has 1 aromatic carbocycles. The first kappa shape index (κ1) is 15.8. The zero-order chi connectivity index (χ0) is 17.4. The van der Waals surface area contributed by atoms with E-state index in [0.717, 1.165) is 29.7 Å². The van der Waals surface area contributed by atoms with Gasteiger partial charge in [-0.25, -0.2) is 14.3 Å². The minimum Gasteiger partial charge on any atom is -0.454 e. The van der Waals surface area contributed by atoms with Crippen molar-refractivity contribution >= 4 is 11.6 Å². The van der Waals surface area contributed by atoms with Crippen molar-refractivity contribution in [3.63, 3.8) is 0 Å². The smallest absolute Gasteiger partial charge is 0.342 e. The normalized spacial score (nSPS) is 15.0. The van der Waals surface area contributed by atoms with Crippen LogP contribution in [-0.4, -0.2) is 20.6 Å². The fourth-order valence-corrected chi connectivity index (χ4v) is 3.49. The molecule has 128 valence electrons. The van der Waals surface area contributed by atoms with E-state index < -0.39 is 0 Å². The predicted octanol–water partition coefficient (Wildman–Crippen LogP) is 3.83. The van der Waals surface area contributed by atoms with Crippen LogP contribution >= 0.6 is 0 Å². The topological polar surface area (TPSA) is 56.5 Å². The van der Waals surface area contributed by atoms with Crippen LogP contribution in [0, 0.1) is 6.92 Å². The summed E-state index contributed by atoms with van der Waals surface area (Å²) in [6.07, 6.45) is 7.70. The summed E-state index contributed by atoms with van der Waals surface area (Å²) in [5.41, 5.74) is 5.76. The molecule has 0 spiro atoms. The fraction of sp³-hybridized carbons (Fsp3) is 0.350. The second-order valence-electron chi connectivity index (χ2n) is 6.64. The van der Waals surface area contributed by atoms with E-state index in [4.69, 9.17) is 4.74 Å². The Morgan fingerprint density at radius 2 is 2.00 bits per heavy atom. The number of hydrogen-bond donors (Lipinski definition) is 0. The van der Waals surface area contributed by atoms with E-state index in [1.807, 2.05) is 13.8 Å². The van der Waals surface area contributed by atoms with Crippen LogP contribution in [0.15, 0.2) is 36.7 Å². The summed E-state index contributed by atoms with van der Waals surface area (Å²) in [7, 11) is 0. The van der Waals surface area contributed by atoms with Crippen LogP contribution in [0.2, 0.25) is 0 Å². The number of aryl methyl sites for hydroxylation is 3.